The molecule has 0 fully saturated rings. The molecular formula is C16H16Cl2FN. The van der Waals surface area contributed by atoms with E-state index in [1.807, 2.05) is 26.0 Å². The summed E-state index contributed by atoms with van der Waals surface area (Å²) in [7, 11) is 0. The maximum absolute atomic E-state index is 13.7. The maximum atomic E-state index is 13.7. The van der Waals surface area contributed by atoms with Gasteiger partial charge in [0.1, 0.15) is 5.82 Å². The highest BCUT2D eigenvalue weighted by Gasteiger charge is 2.16. The lowest BCUT2D eigenvalue weighted by Crippen LogP contribution is -2.23. The van der Waals surface area contributed by atoms with E-state index in [2.05, 4.69) is 5.32 Å². The minimum atomic E-state index is -0.211. The molecule has 2 atom stereocenters. The third-order valence-electron chi connectivity index (χ3n) is 3.30. The molecule has 0 bridgehead atoms. The first-order valence-corrected chi connectivity index (χ1v) is 7.20. The van der Waals surface area contributed by atoms with Gasteiger partial charge in [0.2, 0.25) is 0 Å². The predicted octanol–water partition coefficient (Wildman–Crippen LogP) is 5.54. The Bertz CT molecular complexity index is 601. The van der Waals surface area contributed by atoms with Crippen LogP contribution >= 0.6 is 23.2 Å². The minimum absolute atomic E-state index is 0.0317. The zero-order valence-electron chi connectivity index (χ0n) is 11.3. The number of benzene rings is 2. The van der Waals surface area contributed by atoms with E-state index in [0.717, 1.165) is 5.56 Å². The van der Waals surface area contributed by atoms with E-state index in [9.17, 15) is 4.39 Å². The van der Waals surface area contributed by atoms with Crippen molar-refractivity contribution in [3.63, 3.8) is 0 Å². The Morgan fingerprint density at radius 2 is 1.60 bits per heavy atom. The molecule has 0 amide bonds. The van der Waals surface area contributed by atoms with Gasteiger partial charge in [-0.25, -0.2) is 4.39 Å². The summed E-state index contributed by atoms with van der Waals surface area (Å²) in [5, 5.41) is 4.62. The van der Waals surface area contributed by atoms with E-state index < -0.39 is 0 Å². The van der Waals surface area contributed by atoms with E-state index in [-0.39, 0.29) is 17.9 Å². The van der Waals surface area contributed by atoms with Gasteiger partial charge in [-0.15, -0.1) is 0 Å². The highest BCUT2D eigenvalue weighted by molar-refractivity contribution is 6.33. The number of hydrogen-bond acceptors (Lipinski definition) is 1. The molecule has 2 aromatic rings. The number of rotatable bonds is 4. The van der Waals surface area contributed by atoms with Gasteiger partial charge in [-0.3, -0.25) is 0 Å². The molecule has 1 nitrogen and oxygen atoms in total. The highest BCUT2D eigenvalue weighted by Crippen LogP contribution is 2.28. The Labute approximate surface area is 128 Å². The highest BCUT2D eigenvalue weighted by atomic mass is 35.5. The summed E-state index contributed by atoms with van der Waals surface area (Å²) in [6.07, 6.45) is 0. The molecule has 0 radical (unpaired) electrons. The largest absolute Gasteiger partial charge is 0.303 e. The lowest BCUT2D eigenvalue weighted by atomic mass is 10.0. The van der Waals surface area contributed by atoms with E-state index >= 15 is 0 Å². The normalized spacial score (nSPS) is 14.1. The van der Waals surface area contributed by atoms with Gasteiger partial charge in [0.15, 0.2) is 0 Å². The Hall–Kier alpha value is -1.09. The molecule has 0 aromatic heterocycles. The van der Waals surface area contributed by atoms with E-state index in [1.165, 1.54) is 6.07 Å². The van der Waals surface area contributed by atoms with Crippen LogP contribution in [0.2, 0.25) is 10.0 Å². The zero-order valence-corrected chi connectivity index (χ0v) is 12.8. The molecule has 0 saturated carbocycles. The van der Waals surface area contributed by atoms with Crippen LogP contribution in [-0.2, 0) is 0 Å². The Kier molecular flexibility index (Phi) is 5.03. The van der Waals surface area contributed by atoms with Crippen molar-refractivity contribution in [2.24, 2.45) is 0 Å². The molecular weight excluding hydrogens is 296 g/mol. The molecule has 4 heteroatoms. The van der Waals surface area contributed by atoms with Gasteiger partial charge in [0, 0.05) is 27.7 Å². The summed E-state index contributed by atoms with van der Waals surface area (Å²) >= 11 is 12.2. The molecule has 0 heterocycles. The van der Waals surface area contributed by atoms with Crippen molar-refractivity contribution in [3.05, 3.63) is 69.5 Å². The van der Waals surface area contributed by atoms with Gasteiger partial charge in [-0.2, -0.15) is 0 Å². The molecule has 0 saturated heterocycles. The smallest absolute Gasteiger partial charge is 0.127 e. The molecule has 0 spiro atoms. The van der Waals surface area contributed by atoms with Crippen molar-refractivity contribution >= 4 is 23.2 Å². The fourth-order valence-electron chi connectivity index (χ4n) is 2.23. The first kappa shape index (κ1) is 15.3. The van der Waals surface area contributed by atoms with Gasteiger partial charge in [-0.05, 0) is 43.7 Å². The van der Waals surface area contributed by atoms with Gasteiger partial charge in [0.25, 0.3) is 0 Å². The summed E-state index contributed by atoms with van der Waals surface area (Å²) in [5.41, 5.74) is 1.54. The number of nitrogens with one attached hydrogen (secondary N) is 1. The fraction of sp³-hybridized carbons (Fsp3) is 0.250. The zero-order chi connectivity index (χ0) is 14.7. The first-order valence-electron chi connectivity index (χ1n) is 6.44. The maximum Gasteiger partial charge on any atom is 0.127 e. The number of halogens is 3. The monoisotopic (exact) mass is 311 g/mol. The molecule has 2 aromatic carbocycles. The molecule has 0 aliphatic heterocycles. The van der Waals surface area contributed by atoms with Gasteiger partial charge in [0.05, 0.1) is 0 Å². The average Bonchev–Trinajstić information content (AvgIpc) is 2.41. The summed E-state index contributed by atoms with van der Waals surface area (Å²) in [6, 6.07) is 11.9. The average molecular weight is 312 g/mol. The van der Waals surface area contributed by atoms with Crippen LogP contribution in [0.1, 0.15) is 37.1 Å². The lowest BCUT2D eigenvalue weighted by Gasteiger charge is -2.22. The van der Waals surface area contributed by atoms with Crippen LogP contribution in [0.25, 0.3) is 0 Å². The van der Waals surface area contributed by atoms with Crippen LogP contribution in [0.5, 0.6) is 0 Å². The molecule has 106 valence electrons. The SMILES string of the molecule is CC(N[C@H](C)c1ccccc1F)c1cc(Cl)ccc1Cl. The van der Waals surface area contributed by atoms with Crippen molar-refractivity contribution in [2.45, 2.75) is 25.9 Å². The predicted molar refractivity (Wildman–Crippen MR) is 82.8 cm³/mol. The topological polar surface area (TPSA) is 12.0 Å². The first-order chi connectivity index (χ1) is 9.49. The standard InChI is InChI=1S/C16H16Cl2FN/c1-10(13-5-3-4-6-16(13)19)20-11(2)14-9-12(17)7-8-15(14)18/h3-11,20H,1-2H3/t10-,11?/m1/s1. The molecule has 0 aliphatic carbocycles. The van der Waals surface area contributed by atoms with Crippen molar-refractivity contribution < 1.29 is 4.39 Å². The van der Waals surface area contributed by atoms with E-state index in [1.54, 1.807) is 24.3 Å². The van der Waals surface area contributed by atoms with Crippen LogP contribution in [0.4, 0.5) is 4.39 Å². The van der Waals surface area contributed by atoms with Crippen molar-refractivity contribution in [2.75, 3.05) is 0 Å². The van der Waals surface area contributed by atoms with E-state index in [4.69, 9.17) is 23.2 Å². The van der Waals surface area contributed by atoms with E-state index in [0.29, 0.717) is 15.6 Å². The molecule has 1 unspecified atom stereocenters. The molecule has 1 N–H and O–H groups in total. The van der Waals surface area contributed by atoms with Gasteiger partial charge < -0.3 is 5.32 Å². The summed E-state index contributed by atoms with van der Waals surface area (Å²) in [6.45, 7) is 3.91. The van der Waals surface area contributed by atoms with Crippen LogP contribution in [-0.4, -0.2) is 0 Å². The van der Waals surface area contributed by atoms with Crippen LogP contribution in [0.15, 0.2) is 42.5 Å². The Morgan fingerprint density at radius 1 is 0.950 bits per heavy atom. The summed E-state index contributed by atoms with van der Waals surface area (Å²) in [5.74, 6) is -0.211. The van der Waals surface area contributed by atoms with Crippen LogP contribution in [0.3, 0.4) is 0 Å². The molecule has 2 rings (SSSR count). The Balaban J connectivity index is 2.17. The van der Waals surface area contributed by atoms with Gasteiger partial charge >= 0.3 is 0 Å². The second-order valence-corrected chi connectivity index (χ2v) is 5.64. The number of hydrogen-bond donors (Lipinski definition) is 1. The van der Waals surface area contributed by atoms with Crippen molar-refractivity contribution in [3.8, 4) is 0 Å². The molecule has 0 aliphatic rings. The fourth-order valence-corrected chi connectivity index (χ4v) is 2.69. The summed E-state index contributed by atoms with van der Waals surface area (Å²) in [4.78, 5) is 0. The molecule has 20 heavy (non-hydrogen) atoms. The minimum Gasteiger partial charge on any atom is -0.303 e. The van der Waals surface area contributed by atoms with Crippen molar-refractivity contribution in [1.29, 1.82) is 0 Å². The third kappa shape index (κ3) is 3.51. The summed E-state index contributed by atoms with van der Waals surface area (Å²) < 4.78 is 13.7. The second kappa shape index (κ2) is 6.57. The van der Waals surface area contributed by atoms with Crippen LogP contribution in [0, 0.1) is 5.82 Å². The lowest BCUT2D eigenvalue weighted by molar-refractivity contribution is 0.474. The van der Waals surface area contributed by atoms with Gasteiger partial charge in [-0.1, -0.05) is 41.4 Å². The Morgan fingerprint density at radius 3 is 2.30 bits per heavy atom. The second-order valence-electron chi connectivity index (χ2n) is 4.80. The van der Waals surface area contributed by atoms with Crippen molar-refractivity contribution in [1.82, 2.24) is 5.32 Å². The quantitative estimate of drug-likeness (QED) is 0.781. The third-order valence-corrected chi connectivity index (χ3v) is 3.88. The van der Waals surface area contributed by atoms with Crippen LogP contribution < -0.4 is 5.32 Å².